The number of hydrogen-bond donors (Lipinski definition) is 3. The van der Waals surface area contributed by atoms with Crippen LogP contribution in [0.25, 0.3) is 0 Å². The highest BCUT2D eigenvalue weighted by Crippen LogP contribution is 2.24. The minimum Gasteiger partial charge on any atom is -0.460 e. The molecule has 84 valence electrons. The van der Waals surface area contributed by atoms with E-state index in [2.05, 4.69) is 5.32 Å². The van der Waals surface area contributed by atoms with Gasteiger partial charge in [0.1, 0.15) is 11.5 Å². The molecule has 0 aliphatic carbocycles. The number of amides is 1. The van der Waals surface area contributed by atoms with Gasteiger partial charge >= 0.3 is 0 Å². The van der Waals surface area contributed by atoms with Crippen LogP contribution in [0.15, 0.2) is 30.2 Å². The molecule has 0 unspecified atom stereocenters. The van der Waals surface area contributed by atoms with E-state index in [9.17, 15) is 4.79 Å². The molecule has 0 saturated carbocycles. The molecule has 0 spiro atoms. The average Bonchev–Trinajstić information content (AvgIpc) is 2.47. The fourth-order valence-electron chi connectivity index (χ4n) is 1.51. The number of hydroxylamine groups is 1. The molecule has 5 heteroatoms. The number of carbonyl (C=O) groups excluding carboxylic acids is 1. The smallest absolute Gasteiger partial charge is 0.274 e. The lowest BCUT2D eigenvalue weighted by Gasteiger charge is -2.08. The third-order valence-electron chi connectivity index (χ3n) is 2.30. The lowest BCUT2D eigenvalue weighted by Crippen LogP contribution is -2.18. The van der Waals surface area contributed by atoms with Gasteiger partial charge in [0.25, 0.3) is 5.91 Å². The van der Waals surface area contributed by atoms with Crippen molar-refractivity contribution in [3.8, 4) is 5.75 Å². The Hall–Kier alpha value is -2.01. The number of carbonyl (C=O) groups is 1. The van der Waals surface area contributed by atoms with Gasteiger partial charge < -0.3 is 10.1 Å². The van der Waals surface area contributed by atoms with Gasteiger partial charge in [-0.1, -0.05) is 6.07 Å². The standard InChI is InChI=1S/C11H12N2O3/c1-7-5-12-6-9-3-2-8(11(14)13-15)4-10(9)16-7/h2-5,12,15H,6H2,1H3,(H,13,14). The Bertz CT molecular complexity index is 455. The molecule has 1 aromatic carbocycles. The van der Waals surface area contributed by atoms with Crippen LogP contribution in [0.5, 0.6) is 5.75 Å². The molecule has 1 aliphatic rings. The van der Waals surface area contributed by atoms with Crippen LogP contribution in [0.2, 0.25) is 0 Å². The Morgan fingerprint density at radius 3 is 3.12 bits per heavy atom. The van der Waals surface area contributed by atoms with Gasteiger partial charge in [-0.2, -0.15) is 0 Å². The number of hydrogen-bond acceptors (Lipinski definition) is 4. The molecule has 16 heavy (non-hydrogen) atoms. The van der Waals surface area contributed by atoms with Crippen molar-refractivity contribution in [2.45, 2.75) is 13.5 Å². The molecule has 5 nitrogen and oxygen atoms in total. The largest absolute Gasteiger partial charge is 0.460 e. The van der Waals surface area contributed by atoms with Crippen LogP contribution in [0.4, 0.5) is 0 Å². The highest BCUT2D eigenvalue weighted by atomic mass is 16.5. The second-order valence-corrected chi connectivity index (χ2v) is 3.50. The summed E-state index contributed by atoms with van der Waals surface area (Å²) in [5.41, 5.74) is 2.91. The van der Waals surface area contributed by atoms with Crippen molar-refractivity contribution in [2.75, 3.05) is 0 Å². The highest BCUT2D eigenvalue weighted by Gasteiger charge is 2.12. The summed E-state index contributed by atoms with van der Waals surface area (Å²) in [7, 11) is 0. The molecule has 1 aromatic rings. The Balaban J connectivity index is 2.37. The van der Waals surface area contributed by atoms with E-state index in [0.717, 1.165) is 11.3 Å². The number of nitrogens with one attached hydrogen (secondary N) is 2. The van der Waals surface area contributed by atoms with Gasteiger partial charge in [-0.05, 0) is 19.1 Å². The summed E-state index contributed by atoms with van der Waals surface area (Å²) in [6.45, 7) is 2.47. The van der Waals surface area contributed by atoms with Crippen molar-refractivity contribution in [1.29, 1.82) is 0 Å². The van der Waals surface area contributed by atoms with Crippen molar-refractivity contribution in [1.82, 2.24) is 10.8 Å². The van der Waals surface area contributed by atoms with Gasteiger partial charge in [0.2, 0.25) is 0 Å². The van der Waals surface area contributed by atoms with Crippen molar-refractivity contribution >= 4 is 5.91 Å². The molecule has 0 atom stereocenters. The first-order valence-electron chi connectivity index (χ1n) is 4.86. The Morgan fingerprint density at radius 1 is 1.56 bits per heavy atom. The summed E-state index contributed by atoms with van der Waals surface area (Å²) in [6.07, 6.45) is 1.77. The monoisotopic (exact) mass is 220 g/mol. The maximum atomic E-state index is 11.2. The summed E-state index contributed by atoms with van der Waals surface area (Å²) in [5, 5.41) is 11.6. The molecule has 0 saturated heterocycles. The van der Waals surface area contributed by atoms with Gasteiger partial charge in [0, 0.05) is 23.9 Å². The fourth-order valence-corrected chi connectivity index (χ4v) is 1.51. The van der Waals surface area contributed by atoms with Gasteiger partial charge in [-0.3, -0.25) is 10.0 Å². The molecule has 0 aromatic heterocycles. The van der Waals surface area contributed by atoms with Gasteiger partial charge in [-0.15, -0.1) is 0 Å². The van der Waals surface area contributed by atoms with Gasteiger partial charge in [-0.25, -0.2) is 5.48 Å². The van der Waals surface area contributed by atoms with Crippen LogP contribution in [0, 0.1) is 0 Å². The lowest BCUT2D eigenvalue weighted by molar-refractivity contribution is 0.0706. The Labute approximate surface area is 92.7 Å². The van der Waals surface area contributed by atoms with Crippen LogP contribution in [0.3, 0.4) is 0 Å². The van der Waals surface area contributed by atoms with Gasteiger partial charge in [0.05, 0.1) is 0 Å². The van der Waals surface area contributed by atoms with Crippen molar-refractivity contribution < 1.29 is 14.7 Å². The van der Waals surface area contributed by atoms with Crippen LogP contribution in [-0.2, 0) is 6.54 Å². The molecule has 0 bridgehead atoms. The predicted molar refractivity (Wildman–Crippen MR) is 56.9 cm³/mol. The van der Waals surface area contributed by atoms with E-state index in [1.165, 1.54) is 0 Å². The molecular formula is C11H12N2O3. The molecule has 1 amide bonds. The number of allylic oxidation sites excluding steroid dienone is 1. The second kappa shape index (κ2) is 4.24. The van der Waals surface area contributed by atoms with E-state index in [1.807, 2.05) is 6.92 Å². The van der Waals surface area contributed by atoms with E-state index in [1.54, 1.807) is 29.9 Å². The summed E-state index contributed by atoms with van der Waals surface area (Å²) < 4.78 is 5.53. The zero-order chi connectivity index (χ0) is 11.5. The third kappa shape index (κ3) is 1.99. The number of ether oxygens (including phenoxy) is 1. The van der Waals surface area contributed by atoms with Crippen molar-refractivity contribution in [3.05, 3.63) is 41.3 Å². The highest BCUT2D eigenvalue weighted by molar-refractivity contribution is 5.93. The summed E-state index contributed by atoms with van der Waals surface area (Å²) >= 11 is 0. The zero-order valence-electron chi connectivity index (χ0n) is 8.78. The van der Waals surface area contributed by atoms with E-state index in [0.29, 0.717) is 17.9 Å². The van der Waals surface area contributed by atoms with Crippen LogP contribution < -0.4 is 15.5 Å². The fraction of sp³-hybridized carbons (Fsp3) is 0.182. The number of fused-ring (bicyclic) bond motifs is 1. The number of benzene rings is 1. The zero-order valence-corrected chi connectivity index (χ0v) is 8.78. The summed E-state index contributed by atoms with van der Waals surface area (Å²) in [5.74, 6) is 0.797. The molecule has 1 heterocycles. The third-order valence-corrected chi connectivity index (χ3v) is 2.30. The quantitative estimate of drug-likeness (QED) is 0.490. The van der Waals surface area contributed by atoms with Crippen LogP contribution in [0.1, 0.15) is 22.8 Å². The van der Waals surface area contributed by atoms with Crippen molar-refractivity contribution in [2.24, 2.45) is 0 Å². The minimum absolute atomic E-state index is 0.357. The second-order valence-electron chi connectivity index (χ2n) is 3.50. The summed E-state index contributed by atoms with van der Waals surface area (Å²) in [4.78, 5) is 11.2. The van der Waals surface area contributed by atoms with E-state index in [4.69, 9.17) is 9.94 Å². The molecular weight excluding hydrogens is 208 g/mol. The number of rotatable bonds is 1. The molecule has 0 radical (unpaired) electrons. The predicted octanol–water partition coefficient (Wildman–Crippen LogP) is 1.15. The molecule has 3 N–H and O–H groups in total. The van der Waals surface area contributed by atoms with Crippen LogP contribution >= 0.6 is 0 Å². The Kier molecular flexibility index (Phi) is 2.78. The normalized spacial score (nSPS) is 13.8. The average molecular weight is 220 g/mol. The van der Waals surface area contributed by atoms with E-state index >= 15 is 0 Å². The maximum absolute atomic E-state index is 11.2. The van der Waals surface area contributed by atoms with E-state index in [-0.39, 0.29) is 0 Å². The minimum atomic E-state index is -0.551. The van der Waals surface area contributed by atoms with Gasteiger partial charge in [0.15, 0.2) is 0 Å². The first-order valence-corrected chi connectivity index (χ1v) is 4.86. The molecule has 0 fully saturated rings. The molecule has 2 rings (SSSR count). The Morgan fingerprint density at radius 2 is 2.38 bits per heavy atom. The lowest BCUT2D eigenvalue weighted by atomic mass is 10.1. The summed E-state index contributed by atoms with van der Waals surface area (Å²) in [6, 6.07) is 5.03. The maximum Gasteiger partial charge on any atom is 0.274 e. The van der Waals surface area contributed by atoms with E-state index < -0.39 is 5.91 Å². The van der Waals surface area contributed by atoms with Crippen LogP contribution in [-0.4, -0.2) is 11.1 Å². The first-order chi connectivity index (χ1) is 7.70. The first kappa shape index (κ1) is 10.5. The van der Waals surface area contributed by atoms with Crippen molar-refractivity contribution in [3.63, 3.8) is 0 Å². The SMILES string of the molecule is CC1=CNCc2ccc(C(=O)NO)cc2O1. The topological polar surface area (TPSA) is 70.6 Å². The molecule has 1 aliphatic heterocycles.